The molecule has 0 bridgehead atoms. The average molecular weight is 307 g/mol. The van der Waals surface area contributed by atoms with Gasteiger partial charge in [0.25, 0.3) is 0 Å². The van der Waals surface area contributed by atoms with Crippen LogP contribution >= 0.6 is 0 Å². The van der Waals surface area contributed by atoms with Gasteiger partial charge in [-0.05, 0) is 37.9 Å². The number of likely N-dealkylation sites (tertiary alicyclic amines) is 1. The highest BCUT2D eigenvalue weighted by molar-refractivity contribution is 5.08. The van der Waals surface area contributed by atoms with Crippen molar-refractivity contribution in [2.75, 3.05) is 40.0 Å². The van der Waals surface area contributed by atoms with Crippen molar-refractivity contribution >= 4 is 0 Å². The third-order valence-electron chi connectivity index (χ3n) is 5.14. The van der Waals surface area contributed by atoms with Crippen LogP contribution in [0.5, 0.6) is 0 Å². The lowest BCUT2D eigenvalue weighted by Gasteiger charge is -2.38. The van der Waals surface area contributed by atoms with E-state index in [0.29, 0.717) is 12.6 Å². The smallest absolute Gasteiger partial charge is 0.102 e. The number of nitrogens with zero attached hydrogens (tertiary/aromatic N) is 3. The Bertz CT molecular complexity index is 462. The Hall–Kier alpha value is -1.04. The second-order valence-corrected chi connectivity index (χ2v) is 6.66. The molecule has 0 amide bonds. The summed E-state index contributed by atoms with van der Waals surface area (Å²) in [7, 11) is 2.16. The van der Waals surface area contributed by atoms with Crippen LogP contribution in [0.3, 0.4) is 0 Å². The molecule has 1 aromatic heterocycles. The molecule has 0 aliphatic carbocycles. The van der Waals surface area contributed by atoms with Gasteiger partial charge in [0.15, 0.2) is 0 Å². The minimum absolute atomic E-state index is 0.0284. The van der Waals surface area contributed by atoms with Crippen molar-refractivity contribution in [3.05, 3.63) is 30.1 Å². The fourth-order valence-corrected chi connectivity index (χ4v) is 3.66. The first-order chi connectivity index (χ1) is 10.7. The van der Waals surface area contributed by atoms with Crippen LogP contribution in [0.2, 0.25) is 0 Å². The minimum atomic E-state index is -0.246. The molecule has 3 rings (SSSR count). The van der Waals surface area contributed by atoms with Gasteiger partial charge in [0.1, 0.15) is 6.67 Å². The normalized spacial score (nSPS) is 25.1. The zero-order chi connectivity index (χ0) is 15.4. The summed E-state index contributed by atoms with van der Waals surface area (Å²) in [5, 5.41) is 0. The molecule has 2 saturated heterocycles. The molecule has 4 nitrogen and oxygen atoms in total. The predicted octanol–water partition coefficient (Wildman–Crippen LogP) is 2.11. The lowest BCUT2D eigenvalue weighted by Crippen LogP contribution is -2.45. The number of aromatic nitrogens is 1. The Balaban J connectivity index is 1.52. The maximum atomic E-state index is 12.4. The van der Waals surface area contributed by atoms with E-state index >= 15 is 0 Å². The van der Waals surface area contributed by atoms with Gasteiger partial charge in [-0.1, -0.05) is 6.07 Å². The molecule has 0 aromatic carbocycles. The Morgan fingerprint density at radius 1 is 1.45 bits per heavy atom. The summed E-state index contributed by atoms with van der Waals surface area (Å²) in [4.78, 5) is 8.76. The zero-order valence-electron chi connectivity index (χ0n) is 13.4. The van der Waals surface area contributed by atoms with Crippen LogP contribution in [-0.2, 0) is 11.3 Å². The molecular weight excluding hydrogens is 281 g/mol. The number of ether oxygens (including phenoxy) is 1. The molecule has 2 aliphatic heterocycles. The topological polar surface area (TPSA) is 28.6 Å². The number of likely N-dealkylation sites (N-methyl/N-ethyl adjacent to an activating group) is 1. The van der Waals surface area contributed by atoms with E-state index in [1.807, 2.05) is 18.5 Å². The van der Waals surface area contributed by atoms with Gasteiger partial charge in [-0.25, -0.2) is 4.39 Å². The van der Waals surface area contributed by atoms with Crippen molar-refractivity contribution < 1.29 is 9.13 Å². The van der Waals surface area contributed by atoms with Crippen molar-refractivity contribution in [3.63, 3.8) is 0 Å². The van der Waals surface area contributed by atoms with Crippen LogP contribution in [-0.4, -0.2) is 66.4 Å². The van der Waals surface area contributed by atoms with E-state index in [2.05, 4.69) is 27.9 Å². The first kappa shape index (κ1) is 15.8. The number of hydrogen-bond acceptors (Lipinski definition) is 4. The van der Waals surface area contributed by atoms with Crippen LogP contribution in [0.15, 0.2) is 24.5 Å². The Morgan fingerprint density at radius 3 is 2.95 bits per heavy atom. The third-order valence-corrected chi connectivity index (χ3v) is 5.14. The summed E-state index contributed by atoms with van der Waals surface area (Å²) in [5.74, 6) is 0. The highest BCUT2D eigenvalue weighted by atomic mass is 19.1. The van der Waals surface area contributed by atoms with Gasteiger partial charge >= 0.3 is 0 Å². The zero-order valence-corrected chi connectivity index (χ0v) is 13.4. The number of halogens is 1. The highest BCUT2D eigenvalue weighted by Gasteiger charge is 2.43. The number of hydrogen-bond donors (Lipinski definition) is 0. The first-order valence-corrected chi connectivity index (χ1v) is 8.22. The van der Waals surface area contributed by atoms with E-state index in [1.165, 1.54) is 5.56 Å². The van der Waals surface area contributed by atoms with E-state index in [0.717, 1.165) is 45.5 Å². The molecule has 1 unspecified atom stereocenters. The predicted molar refractivity (Wildman–Crippen MR) is 84.4 cm³/mol. The number of alkyl halides is 1. The van der Waals surface area contributed by atoms with E-state index in [9.17, 15) is 4.39 Å². The Labute approximate surface area is 132 Å². The van der Waals surface area contributed by atoms with Gasteiger partial charge in [0.05, 0.1) is 12.2 Å². The third kappa shape index (κ3) is 3.65. The summed E-state index contributed by atoms with van der Waals surface area (Å²) < 4.78 is 18.6. The van der Waals surface area contributed by atoms with E-state index in [-0.39, 0.29) is 12.3 Å². The van der Waals surface area contributed by atoms with Crippen LogP contribution in [0.25, 0.3) is 0 Å². The van der Waals surface area contributed by atoms with Gasteiger partial charge < -0.3 is 9.64 Å². The van der Waals surface area contributed by atoms with E-state index < -0.39 is 0 Å². The maximum Gasteiger partial charge on any atom is 0.102 e. The molecular formula is C17H26FN3O. The van der Waals surface area contributed by atoms with Gasteiger partial charge in [-0.3, -0.25) is 9.88 Å². The molecule has 2 aliphatic rings. The summed E-state index contributed by atoms with van der Waals surface area (Å²) >= 11 is 0. The first-order valence-electron chi connectivity index (χ1n) is 8.22. The SMILES string of the molecule is CN(Cc1cccnc1)C1COC2(CCN(CCF)CC2)C1. The molecule has 1 atom stereocenters. The van der Waals surface area contributed by atoms with Crippen LogP contribution in [0.4, 0.5) is 4.39 Å². The fourth-order valence-electron chi connectivity index (χ4n) is 3.66. The van der Waals surface area contributed by atoms with Crippen LogP contribution in [0.1, 0.15) is 24.8 Å². The summed E-state index contributed by atoms with van der Waals surface area (Å²) in [6, 6.07) is 4.56. The van der Waals surface area contributed by atoms with Gasteiger partial charge in [-0.2, -0.15) is 0 Å². The molecule has 122 valence electrons. The van der Waals surface area contributed by atoms with Gasteiger partial charge in [0.2, 0.25) is 0 Å². The van der Waals surface area contributed by atoms with Gasteiger partial charge in [0, 0.05) is 44.6 Å². The second kappa shape index (κ2) is 7.02. The van der Waals surface area contributed by atoms with Crippen molar-refractivity contribution in [2.24, 2.45) is 0 Å². The molecule has 22 heavy (non-hydrogen) atoms. The molecule has 1 aromatic rings. The molecule has 0 saturated carbocycles. The largest absolute Gasteiger partial charge is 0.373 e. The van der Waals surface area contributed by atoms with E-state index in [1.54, 1.807) is 0 Å². The van der Waals surface area contributed by atoms with E-state index in [4.69, 9.17) is 4.74 Å². The molecule has 2 fully saturated rings. The highest BCUT2D eigenvalue weighted by Crippen LogP contribution is 2.37. The monoisotopic (exact) mass is 307 g/mol. The van der Waals surface area contributed by atoms with Crippen LogP contribution in [0, 0.1) is 0 Å². The Kier molecular flexibility index (Phi) is 5.06. The molecule has 1 spiro atoms. The maximum absolute atomic E-state index is 12.4. The van der Waals surface area contributed by atoms with Crippen LogP contribution < -0.4 is 0 Å². The average Bonchev–Trinajstić information content (AvgIpc) is 2.95. The standard InChI is InChI=1S/C17H26FN3O/c1-20(13-15-3-2-7-19-12-15)16-11-17(22-14-16)4-8-21(9-5-17)10-6-18/h2-3,7,12,16H,4-6,8-11,13-14H2,1H3. The number of pyridine rings is 1. The summed E-state index contributed by atoms with van der Waals surface area (Å²) in [6.07, 6.45) is 6.89. The minimum Gasteiger partial charge on any atom is -0.373 e. The quantitative estimate of drug-likeness (QED) is 0.833. The molecule has 3 heterocycles. The summed E-state index contributed by atoms with van der Waals surface area (Å²) in [6.45, 7) is 3.96. The Morgan fingerprint density at radius 2 is 2.27 bits per heavy atom. The molecule has 5 heteroatoms. The molecule has 0 radical (unpaired) electrons. The van der Waals surface area contributed by atoms with Gasteiger partial charge in [-0.15, -0.1) is 0 Å². The van der Waals surface area contributed by atoms with Crippen molar-refractivity contribution in [3.8, 4) is 0 Å². The summed E-state index contributed by atoms with van der Waals surface area (Å²) in [5.41, 5.74) is 1.27. The fraction of sp³-hybridized carbons (Fsp3) is 0.706. The number of piperidine rings is 1. The van der Waals surface area contributed by atoms with Crippen molar-refractivity contribution in [1.82, 2.24) is 14.8 Å². The lowest BCUT2D eigenvalue weighted by molar-refractivity contribution is -0.0444. The molecule has 0 N–H and O–H groups in total. The van der Waals surface area contributed by atoms with Crippen molar-refractivity contribution in [1.29, 1.82) is 0 Å². The second-order valence-electron chi connectivity index (χ2n) is 6.66. The number of rotatable bonds is 5. The lowest BCUT2D eigenvalue weighted by atomic mass is 9.87. The van der Waals surface area contributed by atoms with Crippen molar-refractivity contribution in [2.45, 2.75) is 37.5 Å².